The maximum atomic E-state index is 11.2. The topological polar surface area (TPSA) is 26.3 Å². The maximum Gasteiger partial charge on any atom is 0.330 e. The van der Waals surface area contributed by atoms with Crippen molar-refractivity contribution in [3.8, 4) is 22.3 Å². The Kier molecular flexibility index (Phi) is 7.49. The summed E-state index contributed by atoms with van der Waals surface area (Å²) in [7, 11) is 0. The predicted octanol–water partition coefficient (Wildman–Crippen LogP) is 9.31. The summed E-state index contributed by atoms with van der Waals surface area (Å²) >= 11 is 0. The number of aryl methyl sites for hydroxylation is 1. The van der Waals surface area contributed by atoms with Gasteiger partial charge in [-0.05, 0) is 86.2 Å². The van der Waals surface area contributed by atoms with Crippen LogP contribution in [0.3, 0.4) is 0 Å². The molecule has 0 aromatic heterocycles. The smallest absolute Gasteiger partial charge is 0.330 e. The van der Waals surface area contributed by atoms with E-state index in [9.17, 15) is 4.79 Å². The van der Waals surface area contributed by atoms with E-state index < -0.39 is 0 Å². The van der Waals surface area contributed by atoms with E-state index in [1.807, 2.05) is 0 Å². The van der Waals surface area contributed by atoms with Gasteiger partial charge in [-0.25, -0.2) is 4.79 Å². The molecule has 200 valence electrons. The second-order valence-electron chi connectivity index (χ2n) is 13.4. The van der Waals surface area contributed by atoms with E-state index in [1.54, 1.807) is 0 Å². The molecule has 0 N–H and O–H groups in total. The summed E-state index contributed by atoms with van der Waals surface area (Å²) in [5.74, 6) is -0.348. The van der Waals surface area contributed by atoms with Crippen LogP contribution < -0.4 is 0 Å². The third-order valence-electron chi connectivity index (χ3n) is 8.04. The number of ether oxygens (including phenoxy) is 1. The highest BCUT2D eigenvalue weighted by Gasteiger charge is 2.39. The van der Waals surface area contributed by atoms with Gasteiger partial charge in [0.1, 0.15) is 0 Å². The van der Waals surface area contributed by atoms with Crippen molar-refractivity contribution in [2.75, 3.05) is 6.61 Å². The van der Waals surface area contributed by atoms with Crippen LogP contribution in [0.15, 0.2) is 67.3 Å². The number of unbranched alkanes of at least 4 members (excludes halogenated alkanes) is 1. The Labute approximate surface area is 230 Å². The van der Waals surface area contributed by atoms with E-state index >= 15 is 0 Å². The van der Waals surface area contributed by atoms with Gasteiger partial charge in [0.15, 0.2) is 0 Å². The molecule has 2 nitrogen and oxygen atoms in total. The lowest BCUT2D eigenvalue weighted by atomic mass is 9.76. The van der Waals surface area contributed by atoms with Crippen LogP contribution in [0.25, 0.3) is 22.3 Å². The Hall–Kier alpha value is -3.13. The second kappa shape index (κ2) is 10.2. The molecule has 0 radical (unpaired) electrons. The highest BCUT2D eigenvalue weighted by Crippen LogP contribution is 2.54. The minimum absolute atomic E-state index is 0.0558. The largest absolute Gasteiger partial charge is 0.463 e. The van der Waals surface area contributed by atoms with E-state index in [2.05, 4.69) is 117 Å². The molecule has 38 heavy (non-hydrogen) atoms. The van der Waals surface area contributed by atoms with Crippen LogP contribution in [0.2, 0.25) is 0 Å². The number of rotatable bonds is 7. The molecule has 0 unspecified atom stereocenters. The summed E-state index contributed by atoms with van der Waals surface area (Å²) in [4.78, 5) is 11.2. The number of benzene rings is 3. The van der Waals surface area contributed by atoms with Crippen LogP contribution in [0.4, 0.5) is 0 Å². The van der Waals surface area contributed by atoms with Gasteiger partial charge < -0.3 is 4.74 Å². The van der Waals surface area contributed by atoms with Gasteiger partial charge in [0, 0.05) is 11.5 Å². The number of esters is 1. The normalized spacial score (nSPS) is 14.1. The quantitative estimate of drug-likeness (QED) is 0.180. The molecule has 0 aliphatic heterocycles. The fourth-order valence-electron chi connectivity index (χ4n) is 5.49. The van der Waals surface area contributed by atoms with Crippen molar-refractivity contribution in [3.05, 3.63) is 95.1 Å². The Balaban J connectivity index is 1.72. The van der Waals surface area contributed by atoms with E-state index in [4.69, 9.17) is 4.74 Å². The number of fused-ring (bicyclic) bond motifs is 3. The summed E-state index contributed by atoms with van der Waals surface area (Å²) in [6.45, 7) is 22.5. The Bertz CT molecular complexity index is 1340. The Morgan fingerprint density at radius 3 is 2.05 bits per heavy atom. The average molecular weight is 509 g/mol. The molecule has 1 aliphatic rings. The zero-order valence-corrected chi connectivity index (χ0v) is 24.6. The number of hydrogen-bond donors (Lipinski definition) is 0. The van der Waals surface area contributed by atoms with Crippen molar-refractivity contribution in [3.63, 3.8) is 0 Å². The van der Waals surface area contributed by atoms with Crippen molar-refractivity contribution in [2.45, 2.75) is 90.9 Å². The zero-order chi connectivity index (χ0) is 27.9. The SMILES string of the molecule is C=CC(=O)OCCCCc1ccc(-c2cc(C(C)(C)C)cc3c2-c2ccc(C(C)(C)C)cc2C3(C)C)cc1. The van der Waals surface area contributed by atoms with Crippen LogP contribution in [0, 0.1) is 0 Å². The first-order valence-electron chi connectivity index (χ1n) is 14.0. The molecule has 0 heterocycles. The first-order chi connectivity index (χ1) is 17.7. The maximum absolute atomic E-state index is 11.2. The van der Waals surface area contributed by atoms with Crippen LogP contribution >= 0.6 is 0 Å². The molecule has 0 atom stereocenters. The molecule has 2 heteroatoms. The molecule has 0 saturated carbocycles. The van der Waals surface area contributed by atoms with Gasteiger partial charge in [-0.1, -0.05) is 110 Å². The third-order valence-corrected chi connectivity index (χ3v) is 8.04. The van der Waals surface area contributed by atoms with Gasteiger partial charge in [-0.2, -0.15) is 0 Å². The molecular formula is C36H44O2. The molecule has 3 aromatic carbocycles. The summed E-state index contributed by atoms with van der Waals surface area (Å²) < 4.78 is 5.10. The molecule has 0 bridgehead atoms. The lowest BCUT2D eigenvalue weighted by Gasteiger charge is -2.27. The number of carbonyl (C=O) groups excluding carboxylic acids is 1. The average Bonchev–Trinajstić information content (AvgIpc) is 3.09. The molecule has 3 aromatic rings. The van der Waals surface area contributed by atoms with Gasteiger partial charge in [-0.3, -0.25) is 0 Å². The molecule has 0 spiro atoms. The van der Waals surface area contributed by atoms with E-state index in [-0.39, 0.29) is 22.2 Å². The van der Waals surface area contributed by atoms with Crippen LogP contribution in [-0.2, 0) is 32.2 Å². The highest BCUT2D eigenvalue weighted by molar-refractivity contribution is 5.93. The molecule has 0 saturated heterocycles. The van der Waals surface area contributed by atoms with Gasteiger partial charge in [-0.15, -0.1) is 0 Å². The van der Waals surface area contributed by atoms with Crippen LogP contribution in [-0.4, -0.2) is 12.6 Å². The van der Waals surface area contributed by atoms with Gasteiger partial charge in [0.25, 0.3) is 0 Å². The van der Waals surface area contributed by atoms with Crippen molar-refractivity contribution in [1.29, 1.82) is 0 Å². The van der Waals surface area contributed by atoms with Crippen molar-refractivity contribution >= 4 is 5.97 Å². The first-order valence-corrected chi connectivity index (χ1v) is 14.0. The zero-order valence-electron chi connectivity index (χ0n) is 24.6. The summed E-state index contributed by atoms with van der Waals surface area (Å²) in [5.41, 5.74) is 12.4. The fraction of sp³-hybridized carbons (Fsp3) is 0.417. The van der Waals surface area contributed by atoms with E-state index in [0.29, 0.717) is 6.61 Å². The minimum atomic E-state index is -0.348. The second-order valence-corrected chi connectivity index (χ2v) is 13.4. The van der Waals surface area contributed by atoms with Crippen LogP contribution in [0.1, 0.15) is 96.0 Å². The molecular weight excluding hydrogens is 464 g/mol. The lowest BCUT2D eigenvalue weighted by Crippen LogP contribution is -2.19. The lowest BCUT2D eigenvalue weighted by molar-refractivity contribution is -0.137. The summed E-state index contributed by atoms with van der Waals surface area (Å²) in [5, 5.41) is 0. The molecule has 0 amide bonds. The molecule has 0 fully saturated rings. The van der Waals surface area contributed by atoms with E-state index in [1.165, 1.54) is 56.1 Å². The van der Waals surface area contributed by atoms with Crippen molar-refractivity contribution < 1.29 is 9.53 Å². The molecule has 4 rings (SSSR count). The summed E-state index contributed by atoms with van der Waals surface area (Å²) in [6, 6.07) is 21.1. The minimum Gasteiger partial charge on any atom is -0.463 e. The van der Waals surface area contributed by atoms with Crippen molar-refractivity contribution in [1.82, 2.24) is 0 Å². The standard InChI is InChI=1S/C36H44O2/c1-10-32(37)38-20-12-11-13-24-14-16-25(17-15-24)29-21-27(35(5,6)7)23-31-33(29)28-19-18-26(34(2,3)4)22-30(28)36(31,8)9/h10,14-19,21-23H,1,11-13,20H2,2-9H3. The number of hydrogen-bond acceptors (Lipinski definition) is 2. The Morgan fingerprint density at radius 1 is 0.816 bits per heavy atom. The highest BCUT2D eigenvalue weighted by atomic mass is 16.5. The number of carbonyl (C=O) groups is 1. The van der Waals surface area contributed by atoms with E-state index in [0.717, 1.165) is 19.3 Å². The molecule has 1 aliphatic carbocycles. The third kappa shape index (κ3) is 5.51. The fourth-order valence-corrected chi connectivity index (χ4v) is 5.49. The van der Waals surface area contributed by atoms with Gasteiger partial charge in [0.2, 0.25) is 0 Å². The van der Waals surface area contributed by atoms with Crippen molar-refractivity contribution in [2.24, 2.45) is 0 Å². The van der Waals surface area contributed by atoms with Gasteiger partial charge in [0.05, 0.1) is 6.61 Å². The monoisotopic (exact) mass is 508 g/mol. The Morgan fingerprint density at radius 2 is 1.45 bits per heavy atom. The van der Waals surface area contributed by atoms with Gasteiger partial charge >= 0.3 is 5.97 Å². The predicted molar refractivity (Wildman–Crippen MR) is 161 cm³/mol. The van der Waals surface area contributed by atoms with Crippen LogP contribution in [0.5, 0.6) is 0 Å². The first kappa shape index (κ1) is 27.9. The summed E-state index contributed by atoms with van der Waals surface area (Å²) in [6.07, 6.45) is 4.02.